The number of hydrogen-bond donors (Lipinski definition) is 2. The molecular weight excluding hydrogens is 526 g/mol. The topological polar surface area (TPSA) is 66.9 Å². The van der Waals surface area contributed by atoms with Crippen molar-refractivity contribution >= 4 is 45.4 Å². The minimum atomic E-state index is -4.93. The van der Waals surface area contributed by atoms with Crippen LogP contribution in [0.3, 0.4) is 0 Å². The van der Waals surface area contributed by atoms with Gasteiger partial charge >= 0.3 is 12.4 Å². The van der Waals surface area contributed by atoms with Gasteiger partial charge < -0.3 is 10.6 Å². The average Bonchev–Trinajstić information content (AvgIpc) is 3.20. The van der Waals surface area contributed by atoms with E-state index in [9.17, 15) is 30.6 Å². The molecule has 1 unspecified atom stereocenters. The lowest BCUT2D eigenvalue weighted by Gasteiger charge is -2.19. The van der Waals surface area contributed by atoms with E-state index in [-0.39, 0.29) is 22.3 Å². The third-order valence-corrected chi connectivity index (χ3v) is 7.58. The minimum absolute atomic E-state index is 0.0458. The van der Waals surface area contributed by atoms with Crippen LogP contribution in [-0.2, 0) is 36.1 Å². The molecule has 1 aliphatic rings. The van der Waals surface area contributed by atoms with E-state index in [2.05, 4.69) is 20.6 Å². The molecule has 1 aliphatic heterocycles. The molecule has 0 spiro atoms. The summed E-state index contributed by atoms with van der Waals surface area (Å²) in [4.78, 5) is 5.30. The number of fused-ring (bicyclic) bond motifs is 1. The molecule has 5 nitrogen and oxygen atoms in total. The Morgan fingerprint density at radius 1 is 1.12 bits per heavy atom. The fourth-order valence-corrected chi connectivity index (χ4v) is 5.83. The van der Waals surface area contributed by atoms with Crippen molar-refractivity contribution in [2.75, 3.05) is 18.1 Å². The van der Waals surface area contributed by atoms with Crippen LogP contribution in [0.1, 0.15) is 21.6 Å². The highest BCUT2D eigenvalue weighted by atomic mass is 35.5. The number of alkyl halides is 6. The van der Waals surface area contributed by atoms with Gasteiger partial charge in [0.15, 0.2) is 0 Å². The van der Waals surface area contributed by atoms with E-state index in [1.165, 1.54) is 0 Å². The van der Waals surface area contributed by atoms with E-state index in [1.807, 2.05) is 0 Å². The van der Waals surface area contributed by atoms with E-state index in [4.69, 9.17) is 11.6 Å². The summed E-state index contributed by atoms with van der Waals surface area (Å²) in [6.45, 7) is 1.37. The third kappa shape index (κ3) is 5.07. The number of aromatic nitrogens is 2. The normalized spacial score (nSPS) is 15.2. The number of hydrogen-bond acceptors (Lipinski definition) is 6. The van der Waals surface area contributed by atoms with Crippen LogP contribution in [0.4, 0.5) is 38.0 Å². The third-order valence-electron chi connectivity index (χ3n) is 5.02. The van der Waals surface area contributed by atoms with Crippen molar-refractivity contribution in [3.8, 4) is 10.6 Å². The van der Waals surface area contributed by atoms with Crippen LogP contribution in [0.5, 0.6) is 0 Å². The van der Waals surface area contributed by atoms with Crippen LogP contribution >= 0.6 is 22.9 Å². The number of nitrogens with zero attached hydrogens (tertiary/aromatic N) is 2. The zero-order valence-corrected chi connectivity index (χ0v) is 19.6. The predicted octanol–water partition coefficient (Wildman–Crippen LogP) is 6.02. The Kier molecular flexibility index (Phi) is 6.66. The fraction of sp³-hybridized carbons (Fsp3) is 0.300. The van der Waals surface area contributed by atoms with Crippen molar-refractivity contribution in [3.05, 3.63) is 51.0 Å². The first kappa shape index (κ1) is 24.9. The summed E-state index contributed by atoms with van der Waals surface area (Å²) in [5.74, 6) is -0.278. The summed E-state index contributed by atoms with van der Waals surface area (Å²) in [5, 5.41) is 6.25. The zero-order chi connectivity index (χ0) is 24.8. The Hall–Kier alpha value is -2.22. The van der Waals surface area contributed by atoms with Gasteiger partial charge in [0.2, 0.25) is 5.95 Å². The maximum absolute atomic E-state index is 13.6. The lowest BCUT2D eigenvalue weighted by Crippen LogP contribution is -2.23. The fourth-order valence-electron chi connectivity index (χ4n) is 3.46. The number of thiophene rings is 1. The summed E-state index contributed by atoms with van der Waals surface area (Å²) < 4.78 is 93.0. The van der Waals surface area contributed by atoms with Crippen molar-refractivity contribution in [2.24, 2.45) is 0 Å². The number of halogens is 7. The highest BCUT2D eigenvalue weighted by Crippen LogP contribution is 2.45. The molecule has 182 valence electrons. The van der Waals surface area contributed by atoms with Crippen molar-refractivity contribution < 1.29 is 30.6 Å². The van der Waals surface area contributed by atoms with Crippen molar-refractivity contribution in [1.29, 1.82) is 0 Å². The summed E-state index contributed by atoms with van der Waals surface area (Å²) in [5.41, 5.74) is 0.250. The second-order valence-electron chi connectivity index (χ2n) is 7.36. The van der Waals surface area contributed by atoms with Crippen molar-refractivity contribution in [3.63, 3.8) is 0 Å². The Balaban J connectivity index is 1.81. The summed E-state index contributed by atoms with van der Waals surface area (Å²) in [7, 11) is -2.08. The average molecular weight is 541 g/mol. The van der Waals surface area contributed by atoms with Gasteiger partial charge in [-0.05, 0) is 42.3 Å². The predicted molar refractivity (Wildman–Crippen MR) is 118 cm³/mol. The van der Waals surface area contributed by atoms with Gasteiger partial charge in [-0.3, -0.25) is 4.21 Å². The zero-order valence-electron chi connectivity index (χ0n) is 17.2. The van der Waals surface area contributed by atoms with Crippen LogP contribution in [0.2, 0.25) is 5.02 Å². The molecule has 2 aromatic heterocycles. The van der Waals surface area contributed by atoms with Gasteiger partial charge in [-0.15, -0.1) is 11.3 Å². The van der Waals surface area contributed by atoms with Crippen LogP contribution < -0.4 is 10.6 Å². The van der Waals surface area contributed by atoms with E-state index >= 15 is 0 Å². The van der Waals surface area contributed by atoms with E-state index in [0.29, 0.717) is 24.8 Å². The van der Waals surface area contributed by atoms with Gasteiger partial charge in [-0.2, -0.15) is 26.3 Å². The molecule has 1 atom stereocenters. The molecule has 0 saturated heterocycles. The van der Waals surface area contributed by atoms with Gasteiger partial charge in [-0.25, -0.2) is 9.97 Å². The SMILES string of the molecule is CS(=O)c1cc(-c2nc(Nc3cc4c(cc3Cl)CNCC4)ncc2C(F)(F)F)sc1C(F)(F)F. The smallest absolute Gasteiger partial charge is 0.323 e. The first-order valence-electron chi connectivity index (χ1n) is 9.62. The van der Waals surface area contributed by atoms with Crippen LogP contribution in [-0.4, -0.2) is 27.0 Å². The second kappa shape index (κ2) is 9.10. The first-order chi connectivity index (χ1) is 15.8. The van der Waals surface area contributed by atoms with Gasteiger partial charge in [0.1, 0.15) is 10.4 Å². The molecule has 1 aromatic carbocycles. The molecule has 0 radical (unpaired) electrons. The molecule has 3 heterocycles. The summed E-state index contributed by atoms with van der Waals surface area (Å²) in [6.07, 6.45) is -7.59. The van der Waals surface area contributed by atoms with Gasteiger partial charge in [0.25, 0.3) is 0 Å². The number of benzene rings is 1. The standard InChI is InChI=1S/C20H15ClF6N4OS2/c1-34(32)15-6-14(33-17(15)20(25,26)27)16-11(19(22,23)24)8-29-18(31-16)30-13-5-9-2-3-28-7-10(9)4-12(13)21/h4-6,8,28H,2-3,7H2,1H3,(H,29,30,31). The van der Waals surface area contributed by atoms with Gasteiger partial charge in [0.05, 0.1) is 37.0 Å². The van der Waals surface area contributed by atoms with Gasteiger partial charge in [-0.1, -0.05) is 11.6 Å². The minimum Gasteiger partial charge on any atom is -0.323 e. The Morgan fingerprint density at radius 3 is 2.47 bits per heavy atom. The van der Waals surface area contributed by atoms with Crippen LogP contribution in [0.25, 0.3) is 10.6 Å². The molecule has 0 fully saturated rings. The largest absolute Gasteiger partial charge is 0.426 e. The molecule has 3 aromatic rings. The van der Waals surface area contributed by atoms with Crippen molar-refractivity contribution in [1.82, 2.24) is 15.3 Å². The molecule has 0 saturated carbocycles. The maximum Gasteiger partial charge on any atom is 0.426 e. The van der Waals surface area contributed by atoms with E-state index in [0.717, 1.165) is 30.0 Å². The molecule has 0 aliphatic carbocycles. The van der Waals surface area contributed by atoms with Crippen LogP contribution in [0.15, 0.2) is 29.3 Å². The Labute approximate surface area is 201 Å². The number of rotatable bonds is 4. The molecule has 2 N–H and O–H groups in total. The molecule has 4 rings (SSSR count). The number of anilines is 2. The molecule has 34 heavy (non-hydrogen) atoms. The lowest BCUT2D eigenvalue weighted by molar-refractivity contribution is -0.137. The first-order valence-corrected chi connectivity index (χ1v) is 12.4. The summed E-state index contributed by atoms with van der Waals surface area (Å²) >= 11 is 6.34. The lowest BCUT2D eigenvalue weighted by atomic mass is 10.0. The monoisotopic (exact) mass is 540 g/mol. The van der Waals surface area contributed by atoms with Gasteiger partial charge in [0, 0.05) is 19.0 Å². The van der Waals surface area contributed by atoms with Crippen LogP contribution in [0, 0.1) is 0 Å². The highest BCUT2D eigenvalue weighted by Gasteiger charge is 2.40. The quantitative estimate of drug-likeness (QED) is 0.396. The Morgan fingerprint density at radius 2 is 1.85 bits per heavy atom. The molecule has 0 bridgehead atoms. The number of nitrogens with one attached hydrogen (secondary N) is 2. The second-order valence-corrected chi connectivity index (χ2v) is 10.2. The van der Waals surface area contributed by atoms with Crippen molar-refractivity contribution in [2.45, 2.75) is 30.2 Å². The van der Waals surface area contributed by atoms with E-state index in [1.54, 1.807) is 12.1 Å². The molecule has 0 amide bonds. The Bertz CT molecular complexity index is 1280. The molecule has 14 heteroatoms. The maximum atomic E-state index is 13.6. The van der Waals surface area contributed by atoms with E-state index < -0.39 is 49.1 Å². The molecular formula is C20H15ClF6N4OS2. The highest BCUT2D eigenvalue weighted by molar-refractivity contribution is 7.84. The summed E-state index contributed by atoms with van der Waals surface area (Å²) in [6, 6.07) is 4.28.